The summed E-state index contributed by atoms with van der Waals surface area (Å²) in [5.74, 6) is -0.356. The van der Waals surface area contributed by atoms with Gasteiger partial charge in [0.25, 0.3) is 0 Å². The standard InChI is InChI=1S/C13H12FN3OS/c1-2-9-16-12(15)10(13(19)17-9)11(18)7-4-3-5-8(14)6-7/h3-6H,2H2,1H3,(H3,15,16,17,19). The molecule has 0 aliphatic rings. The number of aromatic nitrogens is 2. The molecule has 0 fully saturated rings. The van der Waals surface area contributed by atoms with E-state index in [0.29, 0.717) is 12.2 Å². The number of anilines is 1. The van der Waals surface area contributed by atoms with Gasteiger partial charge in [0, 0.05) is 12.0 Å². The van der Waals surface area contributed by atoms with Crippen LogP contribution >= 0.6 is 12.6 Å². The lowest BCUT2D eigenvalue weighted by Crippen LogP contribution is -2.12. The third kappa shape index (κ3) is 2.73. The Morgan fingerprint density at radius 3 is 2.74 bits per heavy atom. The molecule has 0 atom stereocenters. The summed E-state index contributed by atoms with van der Waals surface area (Å²) in [5.41, 5.74) is 6.05. The minimum absolute atomic E-state index is 0.0612. The highest BCUT2D eigenvalue weighted by Crippen LogP contribution is 2.21. The zero-order valence-electron chi connectivity index (χ0n) is 10.2. The summed E-state index contributed by atoms with van der Waals surface area (Å²) in [6.45, 7) is 1.87. The Labute approximate surface area is 115 Å². The van der Waals surface area contributed by atoms with Gasteiger partial charge in [-0.15, -0.1) is 12.6 Å². The van der Waals surface area contributed by atoms with Crippen molar-refractivity contribution in [2.45, 2.75) is 18.4 Å². The van der Waals surface area contributed by atoms with Crippen LogP contribution in [0.5, 0.6) is 0 Å². The van der Waals surface area contributed by atoms with Crippen molar-refractivity contribution in [2.75, 3.05) is 5.73 Å². The molecule has 0 unspecified atom stereocenters. The maximum atomic E-state index is 13.1. The number of nitrogen functional groups attached to an aromatic ring is 1. The molecule has 98 valence electrons. The number of hydrogen-bond acceptors (Lipinski definition) is 5. The molecule has 2 rings (SSSR count). The van der Waals surface area contributed by atoms with Gasteiger partial charge in [-0.3, -0.25) is 4.79 Å². The summed E-state index contributed by atoms with van der Waals surface area (Å²) in [6.07, 6.45) is 0.589. The third-order valence-electron chi connectivity index (χ3n) is 2.59. The van der Waals surface area contributed by atoms with E-state index in [1.54, 1.807) is 0 Å². The number of carbonyl (C=O) groups excluding carboxylic acids is 1. The van der Waals surface area contributed by atoms with E-state index in [0.717, 1.165) is 6.07 Å². The average Bonchev–Trinajstić information content (AvgIpc) is 2.37. The van der Waals surface area contributed by atoms with Crippen LogP contribution in [0, 0.1) is 5.82 Å². The van der Waals surface area contributed by atoms with Crippen LogP contribution < -0.4 is 5.73 Å². The molecule has 0 aliphatic heterocycles. The Morgan fingerprint density at radius 1 is 1.42 bits per heavy atom. The van der Waals surface area contributed by atoms with Gasteiger partial charge < -0.3 is 5.73 Å². The van der Waals surface area contributed by atoms with Gasteiger partial charge in [0.15, 0.2) is 5.78 Å². The van der Waals surface area contributed by atoms with Crippen molar-refractivity contribution in [3.63, 3.8) is 0 Å². The van der Waals surface area contributed by atoms with Crippen molar-refractivity contribution in [1.29, 1.82) is 0 Å². The summed E-state index contributed by atoms with van der Waals surface area (Å²) in [5, 5.41) is 0.207. The van der Waals surface area contributed by atoms with Crippen molar-refractivity contribution in [3.8, 4) is 0 Å². The summed E-state index contributed by atoms with van der Waals surface area (Å²) < 4.78 is 13.1. The van der Waals surface area contributed by atoms with Crippen molar-refractivity contribution >= 4 is 24.2 Å². The van der Waals surface area contributed by atoms with Gasteiger partial charge in [0.05, 0.1) is 5.56 Å². The topological polar surface area (TPSA) is 68.9 Å². The minimum atomic E-state index is -0.490. The number of nitrogens with two attached hydrogens (primary N) is 1. The SMILES string of the molecule is CCc1nc(N)c(C(=O)c2cccc(F)c2)c(S)n1. The van der Waals surface area contributed by atoms with Crippen molar-refractivity contribution in [3.05, 3.63) is 47.0 Å². The van der Waals surface area contributed by atoms with Gasteiger partial charge in [-0.25, -0.2) is 14.4 Å². The van der Waals surface area contributed by atoms with E-state index < -0.39 is 11.6 Å². The van der Waals surface area contributed by atoms with Crippen LogP contribution in [0.3, 0.4) is 0 Å². The summed E-state index contributed by atoms with van der Waals surface area (Å²) in [6, 6.07) is 5.37. The first-order valence-electron chi connectivity index (χ1n) is 5.68. The first kappa shape index (κ1) is 13.5. The zero-order chi connectivity index (χ0) is 14.0. The highest BCUT2D eigenvalue weighted by Gasteiger charge is 2.19. The lowest BCUT2D eigenvalue weighted by Gasteiger charge is -2.08. The second-order valence-electron chi connectivity index (χ2n) is 3.92. The van der Waals surface area contributed by atoms with E-state index in [-0.39, 0.29) is 22.0 Å². The molecule has 6 heteroatoms. The van der Waals surface area contributed by atoms with Crippen LogP contribution in [0.1, 0.15) is 28.7 Å². The monoisotopic (exact) mass is 277 g/mol. The fraction of sp³-hybridized carbons (Fsp3) is 0.154. The molecule has 0 saturated heterocycles. The molecule has 0 aliphatic carbocycles. The Balaban J connectivity index is 2.50. The lowest BCUT2D eigenvalue weighted by molar-refractivity contribution is 0.103. The van der Waals surface area contributed by atoms with E-state index in [4.69, 9.17) is 5.73 Å². The predicted molar refractivity (Wildman–Crippen MR) is 72.9 cm³/mol. The fourth-order valence-corrected chi connectivity index (χ4v) is 1.99. The van der Waals surface area contributed by atoms with E-state index >= 15 is 0 Å². The first-order valence-corrected chi connectivity index (χ1v) is 6.13. The van der Waals surface area contributed by atoms with Gasteiger partial charge >= 0.3 is 0 Å². The second kappa shape index (κ2) is 5.36. The molecular formula is C13H12FN3OS. The van der Waals surface area contributed by atoms with E-state index in [9.17, 15) is 9.18 Å². The molecule has 0 saturated carbocycles. The van der Waals surface area contributed by atoms with Gasteiger partial charge in [0.2, 0.25) is 0 Å². The zero-order valence-corrected chi connectivity index (χ0v) is 11.1. The molecule has 0 bridgehead atoms. The van der Waals surface area contributed by atoms with Crippen molar-refractivity contribution in [1.82, 2.24) is 9.97 Å². The number of nitrogens with zero attached hydrogens (tertiary/aromatic N) is 2. The summed E-state index contributed by atoms with van der Waals surface area (Å²) >= 11 is 4.16. The van der Waals surface area contributed by atoms with Gasteiger partial charge in [-0.05, 0) is 12.1 Å². The van der Waals surface area contributed by atoms with Crippen LogP contribution in [0.15, 0.2) is 29.3 Å². The van der Waals surface area contributed by atoms with Crippen LogP contribution in [0.2, 0.25) is 0 Å². The van der Waals surface area contributed by atoms with E-state index in [1.807, 2.05) is 6.92 Å². The molecule has 19 heavy (non-hydrogen) atoms. The second-order valence-corrected chi connectivity index (χ2v) is 4.34. The van der Waals surface area contributed by atoms with Crippen molar-refractivity contribution < 1.29 is 9.18 Å². The fourth-order valence-electron chi connectivity index (χ4n) is 1.66. The minimum Gasteiger partial charge on any atom is -0.383 e. The Morgan fingerprint density at radius 2 is 2.16 bits per heavy atom. The van der Waals surface area contributed by atoms with Crippen LogP contribution in [0.25, 0.3) is 0 Å². The van der Waals surface area contributed by atoms with Crippen LogP contribution in [-0.4, -0.2) is 15.8 Å². The molecular weight excluding hydrogens is 265 g/mol. The molecule has 1 aromatic heterocycles. The number of hydrogen-bond donors (Lipinski definition) is 2. The van der Waals surface area contributed by atoms with Crippen LogP contribution in [-0.2, 0) is 6.42 Å². The lowest BCUT2D eigenvalue weighted by atomic mass is 10.1. The molecule has 1 aromatic carbocycles. The van der Waals surface area contributed by atoms with Crippen molar-refractivity contribution in [2.24, 2.45) is 0 Å². The molecule has 2 N–H and O–H groups in total. The molecule has 4 nitrogen and oxygen atoms in total. The number of halogens is 1. The number of ketones is 1. The number of rotatable bonds is 3. The normalized spacial score (nSPS) is 10.5. The Hall–Kier alpha value is -1.95. The maximum Gasteiger partial charge on any atom is 0.199 e. The first-order chi connectivity index (χ1) is 9.02. The molecule has 2 aromatic rings. The molecule has 0 amide bonds. The predicted octanol–water partition coefficient (Wildman–Crippen LogP) is 2.28. The average molecular weight is 277 g/mol. The van der Waals surface area contributed by atoms with Gasteiger partial charge in [-0.2, -0.15) is 0 Å². The Kier molecular flexibility index (Phi) is 3.80. The van der Waals surface area contributed by atoms with Crippen LogP contribution in [0.4, 0.5) is 10.2 Å². The molecule has 0 spiro atoms. The molecule has 1 heterocycles. The summed E-state index contributed by atoms with van der Waals surface area (Å²) in [7, 11) is 0. The number of thiol groups is 1. The largest absolute Gasteiger partial charge is 0.383 e. The maximum absolute atomic E-state index is 13.1. The molecule has 0 radical (unpaired) electrons. The number of benzene rings is 1. The Bertz CT molecular complexity index is 623. The van der Waals surface area contributed by atoms with Gasteiger partial charge in [0.1, 0.15) is 22.5 Å². The van der Waals surface area contributed by atoms with E-state index in [2.05, 4.69) is 22.6 Å². The smallest absolute Gasteiger partial charge is 0.199 e. The quantitative estimate of drug-likeness (QED) is 0.513. The number of carbonyl (C=O) groups is 1. The summed E-state index contributed by atoms with van der Waals surface area (Å²) in [4.78, 5) is 20.4. The highest BCUT2D eigenvalue weighted by molar-refractivity contribution is 7.80. The van der Waals surface area contributed by atoms with Gasteiger partial charge in [-0.1, -0.05) is 19.1 Å². The third-order valence-corrected chi connectivity index (χ3v) is 2.92. The highest BCUT2D eigenvalue weighted by atomic mass is 32.1. The van der Waals surface area contributed by atoms with E-state index in [1.165, 1.54) is 18.2 Å². The number of aryl methyl sites for hydroxylation is 1.